The zero-order valence-electron chi connectivity index (χ0n) is 10.2. The maximum absolute atomic E-state index is 13.6. The van der Waals surface area contributed by atoms with Crippen LogP contribution in [0.4, 0.5) is 10.1 Å². The third-order valence-electron chi connectivity index (χ3n) is 4.41. The van der Waals surface area contributed by atoms with Gasteiger partial charge >= 0.3 is 0 Å². The Morgan fingerprint density at radius 1 is 1.28 bits per heavy atom. The summed E-state index contributed by atoms with van der Waals surface area (Å²) in [4.78, 5) is 2.10. The lowest BCUT2D eigenvalue weighted by molar-refractivity contribution is 0.133. The van der Waals surface area contributed by atoms with Crippen LogP contribution in [0.25, 0.3) is 0 Å². The van der Waals surface area contributed by atoms with Gasteiger partial charge in [0.05, 0.1) is 12.7 Å². The molecule has 1 aromatic rings. The number of anilines is 1. The van der Waals surface area contributed by atoms with E-state index in [2.05, 4.69) is 4.90 Å². The van der Waals surface area contributed by atoms with E-state index in [0.29, 0.717) is 17.4 Å². The molecule has 1 saturated heterocycles. The van der Waals surface area contributed by atoms with Crippen LogP contribution in [0, 0.1) is 17.7 Å². The van der Waals surface area contributed by atoms with E-state index in [-0.39, 0.29) is 18.5 Å². The van der Waals surface area contributed by atoms with E-state index < -0.39 is 0 Å². The Kier molecular flexibility index (Phi) is 2.99. The molecular weight excluding hydrogens is 233 g/mol. The van der Waals surface area contributed by atoms with Gasteiger partial charge in [0.25, 0.3) is 0 Å². The molecule has 3 unspecified atom stereocenters. The minimum atomic E-state index is -0.354. The molecule has 1 aromatic carbocycles. The third kappa shape index (κ3) is 1.80. The van der Waals surface area contributed by atoms with Crippen molar-refractivity contribution in [2.45, 2.75) is 25.6 Å². The predicted octanol–water partition coefficient (Wildman–Crippen LogP) is 1.53. The number of halogens is 1. The second kappa shape index (κ2) is 4.52. The van der Waals surface area contributed by atoms with Gasteiger partial charge in [0.1, 0.15) is 5.82 Å². The Balaban J connectivity index is 1.87. The second-order valence-electron chi connectivity index (χ2n) is 5.37. The zero-order valence-corrected chi connectivity index (χ0v) is 10.2. The van der Waals surface area contributed by atoms with E-state index in [1.807, 2.05) is 6.07 Å². The van der Waals surface area contributed by atoms with Gasteiger partial charge in [-0.2, -0.15) is 0 Å². The lowest BCUT2D eigenvalue weighted by Gasteiger charge is -2.23. The minimum absolute atomic E-state index is 0.217. The van der Waals surface area contributed by atoms with Gasteiger partial charge in [0.15, 0.2) is 0 Å². The van der Waals surface area contributed by atoms with Crippen molar-refractivity contribution in [1.82, 2.24) is 0 Å². The SMILES string of the molecule is OCc1c(F)cccc1N1CC2CCC(O)C2C1. The van der Waals surface area contributed by atoms with Gasteiger partial charge in [0, 0.05) is 30.3 Å². The van der Waals surface area contributed by atoms with Crippen LogP contribution in [0.15, 0.2) is 18.2 Å². The van der Waals surface area contributed by atoms with Crippen LogP contribution in [0.3, 0.4) is 0 Å². The fourth-order valence-corrected chi connectivity index (χ4v) is 3.43. The van der Waals surface area contributed by atoms with Crippen molar-refractivity contribution in [3.05, 3.63) is 29.6 Å². The number of hydrogen-bond acceptors (Lipinski definition) is 3. The summed E-state index contributed by atoms with van der Waals surface area (Å²) in [5, 5.41) is 19.2. The number of hydrogen-bond donors (Lipinski definition) is 2. The normalized spacial score (nSPS) is 30.8. The molecule has 0 aromatic heterocycles. The lowest BCUT2D eigenvalue weighted by atomic mass is 10.00. The van der Waals surface area contributed by atoms with E-state index in [1.165, 1.54) is 6.07 Å². The molecule has 0 amide bonds. The fraction of sp³-hybridized carbons (Fsp3) is 0.571. The van der Waals surface area contributed by atoms with Gasteiger partial charge in [-0.05, 0) is 30.9 Å². The molecule has 0 bridgehead atoms. The highest BCUT2D eigenvalue weighted by Gasteiger charge is 2.42. The number of aliphatic hydroxyl groups is 2. The van der Waals surface area contributed by atoms with Crippen molar-refractivity contribution in [1.29, 1.82) is 0 Å². The number of aliphatic hydroxyl groups excluding tert-OH is 2. The molecule has 0 radical (unpaired) electrons. The van der Waals surface area contributed by atoms with Crippen molar-refractivity contribution in [3.63, 3.8) is 0 Å². The molecule has 98 valence electrons. The van der Waals surface area contributed by atoms with Crippen molar-refractivity contribution in [2.75, 3.05) is 18.0 Å². The quantitative estimate of drug-likeness (QED) is 0.837. The molecule has 18 heavy (non-hydrogen) atoms. The van der Waals surface area contributed by atoms with Crippen molar-refractivity contribution < 1.29 is 14.6 Å². The average Bonchev–Trinajstić information content (AvgIpc) is 2.92. The molecule has 1 heterocycles. The molecule has 1 aliphatic carbocycles. The van der Waals surface area contributed by atoms with Crippen LogP contribution in [0.5, 0.6) is 0 Å². The summed E-state index contributed by atoms with van der Waals surface area (Å²) >= 11 is 0. The predicted molar refractivity (Wildman–Crippen MR) is 66.8 cm³/mol. The molecule has 1 aliphatic heterocycles. The molecule has 3 atom stereocenters. The number of rotatable bonds is 2. The molecular formula is C14H18FNO2. The van der Waals surface area contributed by atoms with E-state index in [4.69, 9.17) is 0 Å². The second-order valence-corrected chi connectivity index (χ2v) is 5.37. The Morgan fingerprint density at radius 3 is 2.83 bits per heavy atom. The van der Waals surface area contributed by atoms with Crippen LogP contribution < -0.4 is 4.90 Å². The van der Waals surface area contributed by atoms with Gasteiger partial charge in [-0.3, -0.25) is 0 Å². The Bertz CT molecular complexity index is 451. The maximum atomic E-state index is 13.6. The van der Waals surface area contributed by atoms with Gasteiger partial charge in [0.2, 0.25) is 0 Å². The zero-order chi connectivity index (χ0) is 12.7. The van der Waals surface area contributed by atoms with E-state index >= 15 is 0 Å². The third-order valence-corrected chi connectivity index (χ3v) is 4.41. The summed E-state index contributed by atoms with van der Waals surface area (Å²) in [7, 11) is 0. The highest BCUT2D eigenvalue weighted by Crippen LogP contribution is 2.40. The Labute approximate surface area is 106 Å². The molecule has 3 nitrogen and oxygen atoms in total. The number of benzene rings is 1. The summed E-state index contributed by atoms with van der Waals surface area (Å²) in [5.74, 6) is 0.460. The number of nitrogens with zero attached hydrogens (tertiary/aromatic N) is 1. The first-order chi connectivity index (χ1) is 8.70. The molecule has 2 aliphatic rings. The Morgan fingerprint density at radius 2 is 2.11 bits per heavy atom. The first-order valence-corrected chi connectivity index (χ1v) is 6.52. The Hall–Kier alpha value is -1.13. The van der Waals surface area contributed by atoms with Crippen LogP contribution in [0.2, 0.25) is 0 Å². The first-order valence-electron chi connectivity index (χ1n) is 6.52. The largest absolute Gasteiger partial charge is 0.393 e. The lowest BCUT2D eigenvalue weighted by Crippen LogP contribution is -2.25. The number of fused-ring (bicyclic) bond motifs is 1. The van der Waals surface area contributed by atoms with Crippen molar-refractivity contribution in [3.8, 4) is 0 Å². The molecule has 4 heteroatoms. The summed E-state index contributed by atoms with van der Waals surface area (Å²) in [6.45, 7) is 1.34. The minimum Gasteiger partial charge on any atom is -0.393 e. The molecule has 2 fully saturated rings. The fourth-order valence-electron chi connectivity index (χ4n) is 3.43. The molecule has 2 N–H and O–H groups in total. The van der Waals surface area contributed by atoms with E-state index in [9.17, 15) is 14.6 Å². The van der Waals surface area contributed by atoms with Crippen LogP contribution in [0.1, 0.15) is 18.4 Å². The molecule has 1 saturated carbocycles. The summed E-state index contributed by atoms with van der Waals surface area (Å²) in [5.41, 5.74) is 1.14. The average molecular weight is 251 g/mol. The van der Waals surface area contributed by atoms with Crippen LogP contribution >= 0.6 is 0 Å². The molecule has 0 spiro atoms. The van der Waals surface area contributed by atoms with Crippen LogP contribution in [-0.2, 0) is 6.61 Å². The van der Waals surface area contributed by atoms with E-state index in [1.54, 1.807) is 6.07 Å². The standard InChI is InChI=1S/C14H18FNO2/c15-12-2-1-3-13(11(12)8-17)16-6-9-4-5-14(18)10(9)7-16/h1-3,9-10,14,17-18H,4-8H2. The van der Waals surface area contributed by atoms with Gasteiger partial charge in [-0.25, -0.2) is 4.39 Å². The first kappa shape index (κ1) is 11.9. The topological polar surface area (TPSA) is 43.7 Å². The summed E-state index contributed by atoms with van der Waals surface area (Å²) in [6.07, 6.45) is 1.72. The maximum Gasteiger partial charge on any atom is 0.130 e. The molecule has 3 rings (SSSR count). The van der Waals surface area contributed by atoms with E-state index in [0.717, 1.165) is 31.6 Å². The summed E-state index contributed by atoms with van der Waals surface area (Å²) in [6, 6.07) is 4.90. The highest BCUT2D eigenvalue weighted by atomic mass is 19.1. The van der Waals surface area contributed by atoms with Gasteiger partial charge in [-0.1, -0.05) is 6.07 Å². The van der Waals surface area contributed by atoms with Gasteiger partial charge < -0.3 is 15.1 Å². The van der Waals surface area contributed by atoms with Crippen molar-refractivity contribution >= 4 is 5.69 Å². The van der Waals surface area contributed by atoms with Crippen LogP contribution in [-0.4, -0.2) is 29.4 Å². The van der Waals surface area contributed by atoms with Gasteiger partial charge in [-0.15, -0.1) is 0 Å². The smallest absolute Gasteiger partial charge is 0.130 e. The van der Waals surface area contributed by atoms with Crippen molar-refractivity contribution in [2.24, 2.45) is 11.8 Å². The highest BCUT2D eigenvalue weighted by molar-refractivity contribution is 5.55. The monoisotopic (exact) mass is 251 g/mol. The summed E-state index contributed by atoms with van der Waals surface area (Å²) < 4.78 is 13.6.